The topological polar surface area (TPSA) is 21.3 Å². The van der Waals surface area contributed by atoms with Gasteiger partial charge in [0, 0.05) is 26.3 Å². The van der Waals surface area contributed by atoms with E-state index in [0.717, 1.165) is 13.2 Å². The third-order valence-electron chi connectivity index (χ3n) is 4.46. The highest BCUT2D eigenvalue weighted by molar-refractivity contribution is 4.94. The molecule has 2 rings (SSSR count). The largest absolute Gasteiger partial charge is 0.381 e. The van der Waals surface area contributed by atoms with E-state index in [1.54, 1.807) is 0 Å². The summed E-state index contributed by atoms with van der Waals surface area (Å²) in [5, 5.41) is 3.69. The SMILES string of the molecule is CCC1(CNCC2(C)CCOCC2)CC1. The maximum absolute atomic E-state index is 5.42. The van der Waals surface area contributed by atoms with Crippen LogP contribution in [0, 0.1) is 10.8 Å². The molecule has 0 aromatic rings. The van der Waals surface area contributed by atoms with E-state index in [9.17, 15) is 0 Å². The van der Waals surface area contributed by atoms with E-state index < -0.39 is 0 Å². The van der Waals surface area contributed by atoms with Crippen molar-refractivity contribution in [3.8, 4) is 0 Å². The minimum Gasteiger partial charge on any atom is -0.381 e. The average molecular weight is 211 g/mol. The van der Waals surface area contributed by atoms with Gasteiger partial charge in [-0.3, -0.25) is 0 Å². The molecule has 0 atom stereocenters. The predicted molar refractivity (Wildman–Crippen MR) is 63.0 cm³/mol. The molecule has 1 saturated heterocycles. The van der Waals surface area contributed by atoms with Crippen molar-refractivity contribution < 1.29 is 4.74 Å². The zero-order valence-electron chi connectivity index (χ0n) is 10.3. The molecule has 1 aliphatic heterocycles. The molecule has 0 amide bonds. The van der Waals surface area contributed by atoms with Gasteiger partial charge in [0.2, 0.25) is 0 Å². The Morgan fingerprint density at radius 1 is 1.07 bits per heavy atom. The minimum absolute atomic E-state index is 0.488. The van der Waals surface area contributed by atoms with E-state index in [2.05, 4.69) is 19.2 Å². The standard InChI is InChI=1S/C13H25NO/c1-3-13(4-5-13)11-14-10-12(2)6-8-15-9-7-12/h14H,3-11H2,1-2H3. The van der Waals surface area contributed by atoms with E-state index in [4.69, 9.17) is 4.74 Å². The Labute approximate surface area is 93.8 Å². The van der Waals surface area contributed by atoms with Crippen LogP contribution >= 0.6 is 0 Å². The van der Waals surface area contributed by atoms with Crippen LogP contribution < -0.4 is 5.32 Å². The Kier molecular flexibility index (Phi) is 3.36. The molecule has 0 aromatic carbocycles. The summed E-state index contributed by atoms with van der Waals surface area (Å²) < 4.78 is 5.42. The summed E-state index contributed by atoms with van der Waals surface area (Å²) in [7, 11) is 0. The normalized spacial score (nSPS) is 27.6. The van der Waals surface area contributed by atoms with Gasteiger partial charge < -0.3 is 10.1 Å². The second kappa shape index (κ2) is 4.42. The van der Waals surface area contributed by atoms with Crippen molar-refractivity contribution in [2.24, 2.45) is 10.8 Å². The van der Waals surface area contributed by atoms with Gasteiger partial charge in [0.1, 0.15) is 0 Å². The van der Waals surface area contributed by atoms with E-state index in [0.29, 0.717) is 10.8 Å². The van der Waals surface area contributed by atoms with E-state index in [1.165, 1.54) is 45.2 Å². The van der Waals surface area contributed by atoms with Gasteiger partial charge >= 0.3 is 0 Å². The first-order chi connectivity index (χ1) is 7.18. The third-order valence-corrected chi connectivity index (χ3v) is 4.46. The van der Waals surface area contributed by atoms with Gasteiger partial charge in [0.15, 0.2) is 0 Å². The van der Waals surface area contributed by atoms with Crippen LogP contribution in [0.2, 0.25) is 0 Å². The summed E-state index contributed by atoms with van der Waals surface area (Å²) in [5.41, 5.74) is 1.17. The van der Waals surface area contributed by atoms with Crippen LogP contribution in [0.25, 0.3) is 0 Å². The van der Waals surface area contributed by atoms with Gasteiger partial charge in [-0.25, -0.2) is 0 Å². The zero-order chi connectivity index (χ0) is 10.8. The summed E-state index contributed by atoms with van der Waals surface area (Å²) in [4.78, 5) is 0. The van der Waals surface area contributed by atoms with Crippen molar-refractivity contribution in [2.75, 3.05) is 26.3 Å². The molecule has 0 radical (unpaired) electrons. The average Bonchev–Trinajstić information content (AvgIpc) is 3.00. The number of hydrogen-bond acceptors (Lipinski definition) is 2. The van der Waals surface area contributed by atoms with Gasteiger partial charge in [-0.05, 0) is 42.9 Å². The fourth-order valence-corrected chi connectivity index (χ4v) is 2.50. The van der Waals surface area contributed by atoms with Crippen molar-refractivity contribution in [3.05, 3.63) is 0 Å². The van der Waals surface area contributed by atoms with Crippen LogP contribution in [0.1, 0.15) is 46.0 Å². The number of rotatable bonds is 5. The molecule has 0 aromatic heterocycles. The van der Waals surface area contributed by atoms with Gasteiger partial charge in [-0.15, -0.1) is 0 Å². The van der Waals surface area contributed by atoms with Gasteiger partial charge in [0.05, 0.1) is 0 Å². The highest BCUT2D eigenvalue weighted by atomic mass is 16.5. The second-order valence-electron chi connectivity index (χ2n) is 5.88. The van der Waals surface area contributed by atoms with Crippen molar-refractivity contribution in [2.45, 2.75) is 46.0 Å². The van der Waals surface area contributed by atoms with Crippen LogP contribution in [-0.2, 0) is 4.74 Å². The lowest BCUT2D eigenvalue weighted by Gasteiger charge is -2.34. The number of ether oxygens (including phenoxy) is 1. The summed E-state index contributed by atoms with van der Waals surface area (Å²) in [6, 6.07) is 0. The summed E-state index contributed by atoms with van der Waals surface area (Å²) in [5.74, 6) is 0. The molecule has 2 heteroatoms. The molecule has 2 aliphatic rings. The molecule has 2 fully saturated rings. The Hall–Kier alpha value is -0.0800. The van der Waals surface area contributed by atoms with Crippen LogP contribution in [0.3, 0.4) is 0 Å². The van der Waals surface area contributed by atoms with E-state index >= 15 is 0 Å². The van der Waals surface area contributed by atoms with E-state index in [-0.39, 0.29) is 0 Å². The molecular weight excluding hydrogens is 186 g/mol. The lowest BCUT2D eigenvalue weighted by atomic mass is 9.82. The highest BCUT2D eigenvalue weighted by Gasteiger charge is 2.40. The van der Waals surface area contributed by atoms with Gasteiger partial charge in [0.25, 0.3) is 0 Å². The minimum atomic E-state index is 0.488. The summed E-state index contributed by atoms with van der Waals surface area (Å²) in [6.45, 7) is 9.05. The smallest absolute Gasteiger partial charge is 0.0471 e. The van der Waals surface area contributed by atoms with Gasteiger partial charge in [-0.1, -0.05) is 13.8 Å². The van der Waals surface area contributed by atoms with Crippen molar-refractivity contribution in [3.63, 3.8) is 0 Å². The Morgan fingerprint density at radius 3 is 2.27 bits per heavy atom. The molecule has 1 N–H and O–H groups in total. The Bertz CT molecular complexity index is 205. The number of hydrogen-bond donors (Lipinski definition) is 1. The quantitative estimate of drug-likeness (QED) is 0.754. The summed E-state index contributed by atoms with van der Waals surface area (Å²) in [6.07, 6.45) is 6.67. The fraction of sp³-hybridized carbons (Fsp3) is 1.00. The lowest BCUT2D eigenvalue weighted by Crippen LogP contribution is -2.38. The molecule has 0 unspecified atom stereocenters. The molecule has 0 bridgehead atoms. The number of nitrogens with one attached hydrogen (secondary N) is 1. The highest BCUT2D eigenvalue weighted by Crippen LogP contribution is 2.48. The van der Waals surface area contributed by atoms with E-state index in [1.807, 2.05) is 0 Å². The first kappa shape index (κ1) is 11.4. The maximum Gasteiger partial charge on any atom is 0.0471 e. The van der Waals surface area contributed by atoms with Gasteiger partial charge in [-0.2, -0.15) is 0 Å². The summed E-state index contributed by atoms with van der Waals surface area (Å²) >= 11 is 0. The Morgan fingerprint density at radius 2 is 1.73 bits per heavy atom. The predicted octanol–water partition coefficient (Wildman–Crippen LogP) is 2.58. The first-order valence-corrected chi connectivity index (χ1v) is 6.47. The fourth-order valence-electron chi connectivity index (χ4n) is 2.50. The molecular formula is C13H25NO. The van der Waals surface area contributed by atoms with Crippen LogP contribution in [0.4, 0.5) is 0 Å². The third kappa shape index (κ3) is 2.94. The molecule has 15 heavy (non-hydrogen) atoms. The van der Waals surface area contributed by atoms with Crippen molar-refractivity contribution in [1.29, 1.82) is 0 Å². The first-order valence-electron chi connectivity index (χ1n) is 6.47. The van der Waals surface area contributed by atoms with Crippen LogP contribution in [0.15, 0.2) is 0 Å². The zero-order valence-corrected chi connectivity index (χ0v) is 10.3. The molecule has 1 aliphatic carbocycles. The lowest BCUT2D eigenvalue weighted by molar-refractivity contribution is 0.0236. The molecule has 88 valence electrons. The van der Waals surface area contributed by atoms with Crippen molar-refractivity contribution in [1.82, 2.24) is 5.32 Å². The monoisotopic (exact) mass is 211 g/mol. The second-order valence-corrected chi connectivity index (χ2v) is 5.88. The molecule has 0 spiro atoms. The van der Waals surface area contributed by atoms with Crippen LogP contribution in [-0.4, -0.2) is 26.3 Å². The molecule has 2 nitrogen and oxygen atoms in total. The Balaban J connectivity index is 1.68. The van der Waals surface area contributed by atoms with Crippen LogP contribution in [0.5, 0.6) is 0 Å². The maximum atomic E-state index is 5.42. The van der Waals surface area contributed by atoms with Crippen molar-refractivity contribution >= 4 is 0 Å². The molecule has 1 saturated carbocycles. The molecule has 1 heterocycles.